The molecule has 1 aliphatic heterocycles. The van der Waals surface area contributed by atoms with E-state index < -0.39 is 0 Å². The molecular weight excluding hydrogens is 230 g/mol. The summed E-state index contributed by atoms with van der Waals surface area (Å²) in [5.74, 6) is 0.679. The van der Waals surface area contributed by atoms with E-state index in [1.807, 2.05) is 18.4 Å². The molecule has 2 rings (SSSR count). The van der Waals surface area contributed by atoms with Crippen molar-refractivity contribution in [2.75, 3.05) is 26.7 Å². The van der Waals surface area contributed by atoms with Gasteiger partial charge in [0.15, 0.2) is 0 Å². The third kappa shape index (κ3) is 3.27. The third-order valence-corrected chi connectivity index (χ3v) is 4.70. The second-order valence-electron chi connectivity index (χ2n) is 4.95. The lowest BCUT2D eigenvalue weighted by atomic mass is 10.1. The van der Waals surface area contributed by atoms with Crippen molar-refractivity contribution in [1.29, 1.82) is 0 Å². The number of thiazole rings is 1. The van der Waals surface area contributed by atoms with E-state index in [2.05, 4.69) is 29.4 Å². The van der Waals surface area contributed by atoms with Crippen LogP contribution in [0.5, 0.6) is 0 Å². The van der Waals surface area contributed by atoms with E-state index in [1.54, 1.807) is 0 Å². The summed E-state index contributed by atoms with van der Waals surface area (Å²) < 4.78 is 0. The Morgan fingerprint density at radius 2 is 2.47 bits per heavy atom. The van der Waals surface area contributed by atoms with Crippen LogP contribution < -0.4 is 5.32 Å². The second kappa shape index (κ2) is 5.94. The van der Waals surface area contributed by atoms with Crippen LogP contribution in [0.2, 0.25) is 0 Å². The van der Waals surface area contributed by atoms with Gasteiger partial charge in [-0.25, -0.2) is 4.98 Å². The molecule has 0 radical (unpaired) electrons. The molecule has 1 fully saturated rings. The van der Waals surface area contributed by atoms with E-state index in [4.69, 9.17) is 4.98 Å². The fraction of sp³-hybridized carbons (Fsp3) is 0.769. The van der Waals surface area contributed by atoms with Crippen LogP contribution in [0.4, 0.5) is 0 Å². The highest BCUT2D eigenvalue weighted by Gasteiger charge is 2.25. The summed E-state index contributed by atoms with van der Waals surface area (Å²) in [7, 11) is 2.01. The average Bonchev–Trinajstić information content (AvgIpc) is 2.96. The van der Waals surface area contributed by atoms with Gasteiger partial charge in [0.05, 0.1) is 10.7 Å². The monoisotopic (exact) mass is 253 g/mol. The highest BCUT2D eigenvalue weighted by molar-refractivity contribution is 7.09. The van der Waals surface area contributed by atoms with E-state index in [9.17, 15) is 0 Å². The normalized spacial score (nSPS) is 23.1. The van der Waals surface area contributed by atoms with Crippen molar-refractivity contribution in [3.05, 3.63) is 16.1 Å². The number of likely N-dealkylation sites (N-methyl/N-ethyl adjacent to an activating group) is 2. The predicted molar refractivity (Wildman–Crippen MR) is 73.8 cm³/mol. The molecule has 0 aliphatic carbocycles. The fourth-order valence-electron chi connectivity index (χ4n) is 2.34. The Balaban J connectivity index is 1.94. The zero-order valence-corrected chi connectivity index (χ0v) is 11.9. The number of likely N-dealkylation sites (tertiary alicyclic amines) is 1. The maximum Gasteiger partial charge on any atom is 0.0972 e. The molecule has 0 bridgehead atoms. The molecule has 2 unspecified atom stereocenters. The van der Waals surface area contributed by atoms with Crippen LogP contribution in [0.15, 0.2) is 5.38 Å². The molecule has 1 N–H and O–H groups in total. The number of hydrogen-bond donors (Lipinski definition) is 1. The Morgan fingerprint density at radius 1 is 1.65 bits per heavy atom. The van der Waals surface area contributed by atoms with Crippen molar-refractivity contribution >= 4 is 11.3 Å². The minimum atomic E-state index is 0.515. The largest absolute Gasteiger partial charge is 0.317 e. The minimum absolute atomic E-state index is 0.515. The first-order valence-corrected chi connectivity index (χ1v) is 7.44. The molecule has 4 heteroatoms. The fourth-order valence-corrected chi connectivity index (χ4v) is 3.30. The van der Waals surface area contributed by atoms with Crippen LogP contribution in [0.25, 0.3) is 0 Å². The summed E-state index contributed by atoms with van der Waals surface area (Å²) in [5, 5.41) is 6.85. The number of nitrogens with zero attached hydrogens (tertiary/aromatic N) is 2. The summed E-state index contributed by atoms with van der Waals surface area (Å²) >= 11 is 1.85. The van der Waals surface area contributed by atoms with Gasteiger partial charge in [0.25, 0.3) is 0 Å². The molecule has 1 aromatic rings. The molecule has 3 nitrogen and oxygen atoms in total. The molecule has 17 heavy (non-hydrogen) atoms. The Labute approximate surface area is 108 Å². The lowest BCUT2D eigenvalue weighted by molar-refractivity contribution is 0.354. The zero-order chi connectivity index (χ0) is 12.3. The van der Waals surface area contributed by atoms with Crippen molar-refractivity contribution in [3.63, 3.8) is 0 Å². The predicted octanol–water partition coefficient (Wildman–Crippen LogP) is 2.10. The van der Waals surface area contributed by atoms with E-state index >= 15 is 0 Å². The number of hydrogen-bond acceptors (Lipinski definition) is 4. The average molecular weight is 253 g/mol. The molecule has 0 aromatic carbocycles. The lowest BCUT2D eigenvalue weighted by Gasteiger charge is -2.11. The first-order valence-electron chi connectivity index (χ1n) is 6.56. The van der Waals surface area contributed by atoms with Gasteiger partial charge < -0.3 is 10.2 Å². The van der Waals surface area contributed by atoms with Gasteiger partial charge in [-0.15, -0.1) is 11.3 Å². The Morgan fingerprint density at radius 3 is 3.12 bits per heavy atom. The number of rotatable bonds is 5. The lowest BCUT2D eigenvalue weighted by Crippen LogP contribution is -2.23. The van der Waals surface area contributed by atoms with Crippen molar-refractivity contribution < 1.29 is 0 Å². The van der Waals surface area contributed by atoms with Crippen LogP contribution in [0.3, 0.4) is 0 Å². The minimum Gasteiger partial charge on any atom is -0.317 e. The van der Waals surface area contributed by atoms with Gasteiger partial charge in [-0.2, -0.15) is 0 Å². The van der Waals surface area contributed by atoms with Crippen LogP contribution in [-0.4, -0.2) is 42.6 Å². The topological polar surface area (TPSA) is 28.2 Å². The molecule has 1 aliphatic rings. The van der Waals surface area contributed by atoms with Crippen LogP contribution in [0, 0.1) is 0 Å². The Kier molecular flexibility index (Phi) is 4.54. The molecule has 0 amide bonds. The van der Waals surface area contributed by atoms with Gasteiger partial charge >= 0.3 is 0 Å². The van der Waals surface area contributed by atoms with Crippen LogP contribution in [0.1, 0.15) is 36.9 Å². The van der Waals surface area contributed by atoms with E-state index in [0.717, 1.165) is 6.42 Å². The smallest absolute Gasteiger partial charge is 0.0972 e. The first kappa shape index (κ1) is 13.0. The van der Waals surface area contributed by atoms with Gasteiger partial charge in [-0.3, -0.25) is 0 Å². The van der Waals surface area contributed by atoms with Gasteiger partial charge in [0.2, 0.25) is 0 Å². The highest BCUT2D eigenvalue weighted by Crippen LogP contribution is 2.29. The highest BCUT2D eigenvalue weighted by atomic mass is 32.1. The SMILES string of the molecule is CCN1CCC(c2nc(CC(C)NC)cs2)C1. The zero-order valence-electron chi connectivity index (χ0n) is 11.1. The molecule has 2 atom stereocenters. The van der Waals surface area contributed by atoms with Crippen molar-refractivity contribution in [2.45, 2.75) is 38.6 Å². The molecule has 2 heterocycles. The number of nitrogens with one attached hydrogen (secondary N) is 1. The molecule has 1 saturated heterocycles. The third-order valence-electron chi connectivity index (χ3n) is 3.65. The molecule has 0 saturated carbocycles. The van der Waals surface area contributed by atoms with Crippen LogP contribution >= 0.6 is 11.3 Å². The number of aromatic nitrogens is 1. The quantitative estimate of drug-likeness (QED) is 0.871. The van der Waals surface area contributed by atoms with E-state index in [-0.39, 0.29) is 0 Å². The van der Waals surface area contributed by atoms with Gasteiger partial charge in [-0.1, -0.05) is 6.92 Å². The summed E-state index contributed by atoms with van der Waals surface area (Å²) in [6.07, 6.45) is 2.32. The van der Waals surface area contributed by atoms with Crippen molar-refractivity contribution in [2.24, 2.45) is 0 Å². The Hall–Kier alpha value is -0.450. The van der Waals surface area contributed by atoms with Gasteiger partial charge in [0.1, 0.15) is 0 Å². The summed E-state index contributed by atoms with van der Waals surface area (Å²) in [6, 6.07) is 0.515. The van der Waals surface area contributed by atoms with E-state index in [0.29, 0.717) is 12.0 Å². The molecule has 1 aromatic heterocycles. The molecular formula is C13H23N3S. The summed E-state index contributed by atoms with van der Waals surface area (Å²) in [6.45, 7) is 8.05. The second-order valence-corrected chi connectivity index (χ2v) is 5.84. The van der Waals surface area contributed by atoms with E-state index in [1.165, 1.54) is 36.8 Å². The van der Waals surface area contributed by atoms with Crippen molar-refractivity contribution in [1.82, 2.24) is 15.2 Å². The van der Waals surface area contributed by atoms with Crippen molar-refractivity contribution in [3.8, 4) is 0 Å². The summed E-state index contributed by atoms with van der Waals surface area (Å²) in [5.41, 5.74) is 1.25. The summed E-state index contributed by atoms with van der Waals surface area (Å²) in [4.78, 5) is 7.32. The van der Waals surface area contributed by atoms with Crippen LogP contribution in [-0.2, 0) is 6.42 Å². The molecule has 0 spiro atoms. The Bertz CT molecular complexity index is 350. The molecule has 96 valence electrons. The maximum absolute atomic E-state index is 4.80. The van der Waals surface area contributed by atoms with Gasteiger partial charge in [0, 0.05) is 30.3 Å². The standard InChI is InChI=1S/C13H23N3S/c1-4-16-6-5-11(8-16)13-15-12(9-17-13)7-10(2)14-3/h9-11,14H,4-8H2,1-3H3. The first-order chi connectivity index (χ1) is 8.22. The maximum atomic E-state index is 4.80. The van der Waals surface area contributed by atoms with Gasteiger partial charge in [-0.05, 0) is 33.5 Å².